The Morgan fingerprint density at radius 2 is 1.94 bits per heavy atom. The van der Waals surface area contributed by atoms with Gasteiger partial charge in [-0.2, -0.15) is 0 Å². The van der Waals surface area contributed by atoms with Gasteiger partial charge in [0.05, 0.1) is 19.7 Å². The number of aliphatic imine (C=N–C) groups is 2. The summed E-state index contributed by atoms with van der Waals surface area (Å²) in [5, 5.41) is 1.27. The van der Waals surface area contributed by atoms with Crippen LogP contribution in [0.3, 0.4) is 0 Å². The third-order valence-corrected chi connectivity index (χ3v) is 6.94. The Labute approximate surface area is 215 Å². The van der Waals surface area contributed by atoms with Crippen LogP contribution in [0.2, 0.25) is 10.0 Å². The second-order valence-corrected chi connectivity index (χ2v) is 9.57. The summed E-state index contributed by atoms with van der Waals surface area (Å²) in [6.45, 7) is 3.44. The van der Waals surface area contributed by atoms with Crippen molar-refractivity contribution in [2.24, 2.45) is 21.5 Å². The number of nitrogens with two attached hydrogens (primary N) is 2. The highest BCUT2D eigenvalue weighted by Crippen LogP contribution is 2.30. The molecule has 8 nitrogen and oxygen atoms in total. The van der Waals surface area contributed by atoms with E-state index >= 15 is 0 Å². The van der Waals surface area contributed by atoms with Gasteiger partial charge >= 0.3 is 0 Å². The fourth-order valence-electron chi connectivity index (χ4n) is 4.47. The molecule has 4 N–H and O–H groups in total. The molecular formula is C25H30Cl2N6O2. The van der Waals surface area contributed by atoms with E-state index in [1.807, 2.05) is 11.0 Å². The fraction of sp³-hybridized carbons (Fsp3) is 0.400. The fourth-order valence-corrected chi connectivity index (χ4v) is 4.84. The molecule has 35 heavy (non-hydrogen) atoms. The predicted octanol–water partition coefficient (Wildman–Crippen LogP) is 3.86. The van der Waals surface area contributed by atoms with Crippen LogP contribution in [0.1, 0.15) is 35.2 Å². The maximum atomic E-state index is 12.7. The maximum Gasteiger partial charge on any atom is 0.253 e. The van der Waals surface area contributed by atoms with E-state index in [4.69, 9.17) is 39.4 Å². The van der Waals surface area contributed by atoms with Crippen LogP contribution >= 0.6 is 23.2 Å². The molecule has 0 bridgehead atoms. The van der Waals surface area contributed by atoms with Gasteiger partial charge in [0.25, 0.3) is 5.91 Å². The maximum absolute atomic E-state index is 12.7. The molecule has 0 spiro atoms. The van der Waals surface area contributed by atoms with Gasteiger partial charge in [0.15, 0.2) is 0 Å². The molecule has 0 radical (unpaired) electrons. The van der Waals surface area contributed by atoms with Crippen molar-refractivity contribution in [1.82, 2.24) is 9.80 Å². The van der Waals surface area contributed by atoms with Crippen LogP contribution < -0.4 is 16.2 Å². The predicted molar refractivity (Wildman–Crippen MR) is 141 cm³/mol. The Kier molecular flexibility index (Phi) is 8.15. The third kappa shape index (κ3) is 6.07. The average Bonchev–Trinajstić information content (AvgIpc) is 3.38. The summed E-state index contributed by atoms with van der Waals surface area (Å²) < 4.78 is 5.52. The standard InChI is InChI=1S/C25H30Cl2N6O2/c1-35-22-13-16(25(34)32-9-2-3-10-32)4-7-20(22)31-23(28)14-21-24(29)30-8-11-33(21)15-17-12-18(26)5-6-19(17)27/h4-7,12-13,21H,2-3,8-11,14-15H2,1H3,(H2,28,31)(H2,29,30). The molecule has 1 amide bonds. The van der Waals surface area contributed by atoms with Gasteiger partial charge in [0, 0.05) is 48.2 Å². The van der Waals surface area contributed by atoms with Crippen molar-refractivity contribution < 1.29 is 9.53 Å². The molecule has 1 unspecified atom stereocenters. The molecule has 0 saturated carbocycles. The van der Waals surface area contributed by atoms with Gasteiger partial charge in [0.1, 0.15) is 23.1 Å². The highest BCUT2D eigenvalue weighted by Gasteiger charge is 2.27. The lowest BCUT2D eigenvalue weighted by molar-refractivity contribution is 0.0792. The minimum atomic E-state index is -0.232. The monoisotopic (exact) mass is 516 g/mol. The van der Waals surface area contributed by atoms with Crippen molar-refractivity contribution in [2.45, 2.75) is 31.8 Å². The number of hydrogen-bond acceptors (Lipinski definition) is 6. The van der Waals surface area contributed by atoms with Gasteiger partial charge in [0.2, 0.25) is 0 Å². The molecular weight excluding hydrogens is 487 g/mol. The second-order valence-electron chi connectivity index (χ2n) is 8.72. The quantitative estimate of drug-likeness (QED) is 0.428. The normalized spacial score (nSPS) is 19.1. The molecule has 10 heteroatoms. The van der Waals surface area contributed by atoms with Crippen LogP contribution in [0, 0.1) is 0 Å². The number of rotatable bonds is 7. The Bertz CT molecular complexity index is 1150. The zero-order chi connectivity index (χ0) is 24.9. The summed E-state index contributed by atoms with van der Waals surface area (Å²) in [4.78, 5) is 25.8. The molecule has 1 saturated heterocycles. The zero-order valence-corrected chi connectivity index (χ0v) is 21.2. The lowest BCUT2D eigenvalue weighted by Gasteiger charge is -2.34. The van der Waals surface area contributed by atoms with Crippen molar-refractivity contribution in [2.75, 3.05) is 33.3 Å². The number of carbonyl (C=O) groups is 1. The minimum absolute atomic E-state index is 0.00538. The molecule has 4 rings (SSSR count). The smallest absolute Gasteiger partial charge is 0.253 e. The van der Waals surface area contributed by atoms with Crippen molar-refractivity contribution in [1.29, 1.82) is 0 Å². The lowest BCUT2D eigenvalue weighted by Crippen LogP contribution is -2.50. The van der Waals surface area contributed by atoms with Crippen molar-refractivity contribution >= 4 is 46.5 Å². The Balaban J connectivity index is 1.52. The van der Waals surface area contributed by atoms with Crippen molar-refractivity contribution in [3.05, 3.63) is 57.6 Å². The number of amides is 1. The minimum Gasteiger partial charge on any atom is -0.494 e. The van der Waals surface area contributed by atoms with E-state index in [2.05, 4.69) is 14.9 Å². The van der Waals surface area contributed by atoms with Crippen LogP contribution in [-0.4, -0.2) is 66.7 Å². The van der Waals surface area contributed by atoms with Crippen LogP contribution in [-0.2, 0) is 6.54 Å². The Hall–Kier alpha value is -2.81. The van der Waals surface area contributed by atoms with E-state index in [-0.39, 0.29) is 11.9 Å². The molecule has 2 aliphatic rings. The van der Waals surface area contributed by atoms with Crippen molar-refractivity contribution in [3.63, 3.8) is 0 Å². The van der Waals surface area contributed by atoms with Crippen LogP contribution in [0.4, 0.5) is 5.69 Å². The van der Waals surface area contributed by atoms with Gasteiger partial charge in [-0.25, -0.2) is 4.99 Å². The first-order valence-corrected chi connectivity index (χ1v) is 12.4. The largest absolute Gasteiger partial charge is 0.494 e. The first-order chi connectivity index (χ1) is 16.9. The Morgan fingerprint density at radius 1 is 1.17 bits per heavy atom. The first-order valence-electron chi connectivity index (χ1n) is 11.6. The Morgan fingerprint density at radius 3 is 2.69 bits per heavy atom. The molecule has 2 aromatic carbocycles. The van der Waals surface area contributed by atoms with Crippen LogP contribution in [0.15, 0.2) is 46.4 Å². The van der Waals surface area contributed by atoms with E-state index in [1.54, 1.807) is 37.4 Å². The van der Waals surface area contributed by atoms with E-state index in [0.717, 1.165) is 31.5 Å². The van der Waals surface area contributed by atoms with E-state index in [9.17, 15) is 4.79 Å². The number of amidine groups is 2. The number of likely N-dealkylation sites (tertiary alicyclic amines) is 1. The van der Waals surface area contributed by atoms with Crippen LogP contribution in [0.5, 0.6) is 5.75 Å². The summed E-state index contributed by atoms with van der Waals surface area (Å²) in [5.41, 5.74) is 14.7. The molecule has 2 aromatic rings. The molecule has 1 atom stereocenters. The van der Waals surface area contributed by atoms with Crippen molar-refractivity contribution in [3.8, 4) is 5.75 Å². The molecule has 2 heterocycles. The third-order valence-electron chi connectivity index (χ3n) is 6.33. The molecule has 0 aromatic heterocycles. The van der Waals surface area contributed by atoms with Gasteiger partial charge in [-0.15, -0.1) is 0 Å². The first kappa shape index (κ1) is 25.3. The number of carbonyl (C=O) groups excluding carboxylic acids is 1. The average molecular weight is 517 g/mol. The number of nitrogens with zero attached hydrogens (tertiary/aromatic N) is 4. The van der Waals surface area contributed by atoms with E-state index in [0.29, 0.717) is 64.8 Å². The van der Waals surface area contributed by atoms with E-state index < -0.39 is 0 Å². The molecule has 2 aliphatic heterocycles. The summed E-state index contributed by atoms with van der Waals surface area (Å²) in [5.74, 6) is 1.39. The highest BCUT2D eigenvalue weighted by molar-refractivity contribution is 6.33. The summed E-state index contributed by atoms with van der Waals surface area (Å²) >= 11 is 12.6. The molecule has 1 fully saturated rings. The lowest BCUT2D eigenvalue weighted by atomic mass is 10.1. The number of halogens is 2. The second kappa shape index (κ2) is 11.3. The molecule has 186 valence electrons. The number of methoxy groups -OCH3 is 1. The highest BCUT2D eigenvalue weighted by atomic mass is 35.5. The van der Waals surface area contributed by atoms with E-state index in [1.165, 1.54) is 0 Å². The number of benzene rings is 2. The van der Waals surface area contributed by atoms with Gasteiger partial charge in [-0.1, -0.05) is 23.2 Å². The topological polar surface area (TPSA) is 110 Å². The van der Waals surface area contributed by atoms with Gasteiger partial charge in [-0.05, 0) is 54.8 Å². The molecule has 0 aliphatic carbocycles. The zero-order valence-electron chi connectivity index (χ0n) is 19.7. The number of hydrogen-bond donors (Lipinski definition) is 2. The number of ether oxygens (including phenoxy) is 1. The SMILES string of the molecule is COc1cc(C(=O)N2CCCC2)ccc1N=C(N)CC1C(N)=NCCN1Cc1cc(Cl)ccc1Cl. The van der Waals surface area contributed by atoms with Crippen LogP contribution in [0.25, 0.3) is 0 Å². The van der Waals surface area contributed by atoms with Gasteiger partial charge < -0.3 is 21.1 Å². The summed E-state index contributed by atoms with van der Waals surface area (Å²) in [7, 11) is 1.55. The van der Waals surface area contributed by atoms with Gasteiger partial charge in [-0.3, -0.25) is 14.7 Å². The summed E-state index contributed by atoms with van der Waals surface area (Å²) in [6.07, 6.45) is 2.46. The summed E-state index contributed by atoms with van der Waals surface area (Å²) in [6, 6.07) is 10.4.